The third-order valence-electron chi connectivity index (χ3n) is 3.49. The number of anilines is 1. The molecule has 24 heavy (non-hydrogen) atoms. The Balaban J connectivity index is 1.82. The summed E-state index contributed by atoms with van der Waals surface area (Å²) in [6.45, 7) is 3.46. The second-order valence-corrected chi connectivity index (χ2v) is 7.98. The van der Waals surface area contributed by atoms with Crippen LogP contribution >= 0.6 is 11.3 Å². The molecule has 0 radical (unpaired) electrons. The minimum atomic E-state index is -3.56. The number of aromatic nitrogens is 1. The maximum Gasteiger partial charge on any atom is 0.243 e. The number of aryl methyl sites for hydroxylation is 1. The van der Waals surface area contributed by atoms with Gasteiger partial charge in [-0.15, -0.1) is 11.3 Å². The third kappa shape index (κ3) is 3.81. The van der Waals surface area contributed by atoms with Crippen LogP contribution in [0.4, 0.5) is 5.13 Å². The van der Waals surface area contributed by atoms with E-state index in [-0.39, 0.29) is 4.90 Å². The molecule has 0 atom stereocenters. The molecule has 1 saturated heterocycles. The van der Waals surface area contributed by atoms with Crippen molar-refractivity contribution in [3.8, 4) is 0 Å². The Morgan fingerprint density at radius 1 is 1.33 bits per heavy atom. The summed E-state index contributed by atoms with van der Waals surface area (Å²) < 4.78 is 32.3. The van der Waals surface area contributed by atoms with Gasteiger partial charge >= 0.3 is 0 Å². The van der Waals surface area contributed by atoms with Crippen LogP contribution in [0.1, 0.15) is 11.3 Å². The van der Waals surface area contributed by atoms with Crippen molar-refractivity contribution >= 4 is 32.7 Å². The Hall–Kier alpha value is -1.81. The van der Waals surface area contributed by atoms with E-state index in [2.05, 4.69) is 15.5 Å². The van der Waals surface area contributed by atoms with E-state index >= 15 is 0 Å². The Bertz CT molecular complexity index is 827. The number of nitrogens with one attached hydrogen (secondary N) is 1. The number of nitrogens with zero attached hydrogens (tertiary/aromatic N) is 3. The summed E-state index contributed by atoms with van der Waals surface area (Å²) in [6, 6.07) is 6.82. The van der Waals surface area contributed by atoms with Crippen molar-refractivity contribution in [1.29, 1.82) is 0 Å². The first-order valence-corrected chi connectivity index (χ1v) is 9.77. The molecule has 1 fully saturated rings. The number of morpholine rings is 1. The molecule has 0 aliphatic carbocycles. The number of ether oxygens (including phenoxy) is 1. The molecule has 9 heteroatoms. The zero-order chi connectivity index (χ0) is 17.0. The average molecular weight is 366 g/mol. The normalized spacial score (nSPS) is 16.5. The fourth-order valence-corrected chi connectivity index (χ4v) is 4.52. The lowest BCUT2D eigenvalue weighted by Gasteiger charge is -2.26. The van der Waals surface area contributed by atoms with Crippen LogP contribution in [0.5, 0.6) is 0 Å². The van der Waals surface area contributed by atoms with E-state index in [1.165, 1.54) is 21.9 Å². The van der Waals surface area contributed by atoms with Crippen molar-refractivity contribution in [3.05, 3.63) is 40.9 Å². The summed E-state index contributed by atoms with van der Waals surface area (Å²) >= 11 is 1.44. The van der Waals surface area contributed by atoms with Gasteiger partial charge in [0.05, 0.1) is 30.0 Å². The lowest BCUT2D eigenvalue weighted by atomic mass is 10.2. The molecule has 1 aliphatic rings. The lowest BCUT2D eigenvalue weighted by molar-refractivity contribution is 0.0730. The predicted molar refractivity (Wildman–Crippen MR) is 94.1 cm³/mol. The van der Waals surface area contributed by atoms with Crippen molar-refractivity contribution < 1.29 is 13.2 Å². The molecule has 3 rings (SSSR count). The van der Waals surface area contributed by atoms with Gasteiger partial charge < -0.3 is 4.74 Å². The van der Waals surface area contributed by atoms with Crippen molar-refractivity contribution in [2.75, 3.05) is 31.7 Å². The van der Waals surface area contributed by atoms with Crippen LogP contribution in [0.3, 0.4) is 0 Å². The van der Waals surface area contributed by atoms with Gasteiger partial charge in [-0.3, -0.25) is 5.43 Å². The topological polar surface area (TPSA) is 83.9 Å². The van der Waals surface area contributed by atoms with Gasteiger partial charge in [0, 0.05) is 24.0 Å². The molecular formula is C15H18N4O3S2. The minimum absolute atomic E-state index is 0.243. The second-order valence-electron chi connectivity index (χ2n) is 5.22. The highest BCUT2D eigenvalue weighted by atomic mass is 32.2. The van der Waals surface area contributed by atoms with Gasteiger partial charge in [0.2, 0.25) is 15.2 Å². The fourth-order valence-electron chi connectivity index (χ4n) is 2.31. The van der Waals surface area contributed by atoms with Crippen molar-refractivity contribution in [1.82, 2.24) is 9.29 Å². The van der Waals surface area contributed by atoms with Crippen molar-refractivity contribution in [3.63, 3.8) is 0 Å². The number of hydrogen-bond donors (Lipinski definition) is 1. The SMILES string of the molecule is Cc1csc(NN=Cc2ccccc2S(=O)(=O)N2CCOCC2)n1. The van der Waals surface area contributed by atoms with Crippen LogP contribution in [0.25, 0.3) is 0 Å². The van der Waals surface area contributed by atoms with Crippen molar-refractivity contribution in [2.24, 2.45) is 5.10 Å². The van der Waals surface area contributed by atoms with E-state index in [1.807, 2.05) is 12.3 Å². The summed E-state index contributed by atoms with van der Waals surface area (Å²) in [5.74, 6) is 0. The Kier molecular flexibility index (Phi) is 5.24. The van der Waals surface area contributed by atoms with Crippen LogP contribution in [0, 0.1) is 6.92 Å². The number of benzene rings is 1. The van der Waals surface area contributed by atoms with Crippen LogP contribution in [-0.4, -0.2) is 50.2 Å². The molecule has 0 saturated carbocycles. The first kappa shape index (κ1) is 17.0. The van der Waals surface area contributed by atoms with Crippen LogP contribution in [-0.2, 0) is 14.8 Å². The minimum Gasteiger partial charge on any atom is -0.379 e. The third-order valence-corrected chi connectivity index (χ3v) is 6.33. The summed E-state index contributed by atoms with van der Waals surface area (Å²) in [5.41, 5.74) is 4.26. The molecular weight excluding hydrogens is 348 g/mol. The fraction of sp³-hybridized carbons (Fsp3) is 0.333. The quantitative estimate of drug-likeness (QED) is 0.646. The Labute approximate surface area is 145 Å². The predicted octanol–water partition coefficient (Wildman–Crippen LogP) is 1.92. The number of rotatable bonds is 5. The number of hydrazone groups is 1. The summed E-state index contributed by atoms with van der Waals surface area (Å²) in [6.07, 6.45) is 1.50. The first-order chi connectivity index (χ1) is 11.6. The van der Waals surface area contributed by atoms with E-state index < -0.39 is 10.0 Å². The van der Waals surface area contributed by atoms with E-state index in [4.69, 9.17) is 4.74 Å². The number of hydrogen-bond acceptors (Lipinski definition) is 7. The van der Waals surface area contributed by atoms with Gasteiger partial charge in [-0.1, -0.05) is 18.2 Å². The second kappa shape index (κ2) is 7.39. The molecule has 1 aromatic carbocycles. The summed E-state index contributed by atoms with van der Waals surface area (Å²) in [5, 5.41) is 6.69. The zero-order valence-electron chi connectivity index (χ0n) is 13.2. The standard InChI is InChI=1S/C15H18N4O3S2/c1-12-11-23-15(17-12)18-16-10-13-4-2-3-5-14(13)24(20,21)19-6-8-22-9-7-19/h2-5,10-11H,6-9H2,1H3,(H,17,18). The summed E-state index contributed by atoms with van der Waals surface area (Å²) in [7, 11) is -3.56. The Morgan fingerprint density at radius 3 is 2.79 bits per heavy atom. The van der Waals surface area contributed by atoms with E-state index in [1.54, 1.807) is 24.3 Å². The van der Waals surface area contributed by atoms with Crippen LogP contribution in [0.2, 0.25) is 0 Å². The molecule has 1 aliphatic heterocycles. The van der Waals surface area contributed by atoms with Gasteiger partial charge in [0.25, 0.3) is 0 Å². The molecule has 1 aromatic heterocycles. The van der Waals surface area contributed by atoms with Crippen LogP contribution in [0.15, 0.2) is 39.6 Å². The highest BCUT2D eigenvalue weighted by molar-refractivity contribution is 7.89. The molecule has 2 aromatic rings. The maximum atomic E-state index is 12.8. The molecule has 1 N–H and O–H groups in total. The first-order valence-electron chi connectivity index (χ1n) is 7.45. The smallest absolute Gasteiger partial charge is 0.243 e. The maximum absolute atomic E-state index is 12.8. The number of sulfonamides is 1. The van der Waals surface area contributed by atoms with E-state index in [9.17, 15) is 8.42 Å². The molecule has 2 heterocycles. The zero-order valence-corrected chi connectivity index (χ0v) is 14.8. The van der Waals surface area contributed by atoms with Crippen LogP contribution < -0.4 is 5.43 Å². The molecule has 7 nitrogen and oxygen atoms in total. The molecule has 128 valence electrons. The van der Waals surface area contributed by atoms with Crippen molar-refractivity contribution in [2.45, 2.75) is 11.8 Å². The van der Waals surface area contributed by atoms with Gasteiger partial charge in [-0.05, 0) is 13.0 Å². The number of thiazole rings is 1. The highest BCUT2D eigenvalue weighted by Gasteiger charge is 2.27. The monoisotopic (exact) mass is 366 g/mol. The van der Waals surface area contributed by atoms with Gasteiger partial charge in [-0.25, -0.2) is 13.4 Å². The van der Waals surface area contributed by atoms with Gasteiger partial charge in [0.1, 0.15) is 0 Å². The highest BCUT2D eigenvalue weighted by Crippen LogP contribution is 2.20. The summed E-state index contributed by atoms with van der Waals surface area (Å²) in [4.78, 5) is 4.48. The average Bonchev–Trinajstić information content (AvgIpc) is 3.01. The van der Waals surface area contributed by atoms with Gasteiger partial charge in [0.15, 0.2) is 0 Å². The molecule has 0 spiro atoms. The van der Waals surface area contributed by atoms with E-state index in [0.29, 0.717) is 37.0 Å². The van der Waals surface area contributed by atoms with E-state index in [0.717, 1.165) is 5.69 Å². The molecule has 0 bridgehead atoms. The largest absolute Gasteiger partial charge is 0.379 e. The molecule has 0 amide bonds. The lowest BCUT2D eigenvalue weighted by Crippen LogP contribution is -2.40. The van der Waals surface area contributed by atoms with Gasteiger partial charge in [-0.2, -0.15) is 9.41 Å². The molecule has 0 unspecified atom stereocenters. The Morgan fingerprint density at radius 2 is 2.08 bits per heavy atom.